The molecule has 0 aromatic heterocycles. The molecule has 0 spiro atoms. The first-order chi connectivity index (χ1) is 9.01. The second-order valence-electron chi connectivity index (χ2n) is 3.85. The van der Waals surface area contributed by atoms with Crippen LogP contribution >= 0.6 is 0 Å². The average molecular weight is 284 g/mol. The molecule has 0 fully saturated rings. The monoisotopic (exact) mass is 284 g/mol. The molecule has 1 aromatic rings. The van der Waals surface area contributed by atoms with Crippen LogP contribution in [-0.2, 0) is 19.6 Å². The Hall–Kier alpha value is -1.73. The number of hydrogen-bond donors (Lipinski definition) is 2. The molecular weight excluding hydrogens is 268 g/mol. The Morgan fingerprint density at radius 3 is 2.47 bits per heavy atom. The molecule has 104 valence electrons. The SMILES string of the molecule is CC[C@H](NC=O)C(=O)CNS(=O)(=O)c1ccccc1. The molecule has 0 unspecified atom stereocenters. The fourth-order valence-corrected chi connectivity index (χ4v) is 2.51. The number of hydrogen-bond acceptors (Lipinski definition) is 4. The molecule has 0 saturated heterocycles. The molecule has 2 N–H and O–H groups in total. The minimum Gasteiger partial charge on any atom is -0.349 e. The fraction of sp³-hybridized carbons (Fsp3) is 0.333. The van der Waals surface area contributed by atoms with Gasteiger partial charge in [-0.05, 0) is 18.6 Å². The first-order valence-corrected chi connectivity index (χ1v) is 7.26. The smallest absolute Gasteiger partial charge is 0.240 e. The van der Waals surface area contributed by atoms with Crippen LogP contribution in [0.4, 0.5) is 0 Å². The van der Waals surface area contributed by atoms with Gasteiger partial charge in [-0.25, -0.2) is 13.1 Å². The molecule has 0 aliphatic rings. The second-order valence-corrected chi connectivity index (χ2v) is 5.62. The zero-order chi connectivity index (χ0) is 14.3. The lowest BCUT2D eigenvalue weighted by Crippen LogP contribution is -2.42. The van der Waals surface area contributed by atoms with Crippen molar-refractivity contribution in [2.45, 2.75) is 24.3 Å². The highest BCUT2D eigenvalue weighted by atomic mass is 32.2. The quantitative estimate of drug-likeness (QED) is 0.660. The van der Waals surface area contributed by atoms with Crippen LogP contribution in [-0.4, -0.2) is 33.2 Å². The zero-order valence-corrected chi connectivity index (χ0v) is 11.3. The molecule has 0 saturated carbocycles. The summed E-state index contributed by atoms with van der Waals surface area (Å²) in [6, 6.07) is 7.10. The summed E-state index contributed by atoms with van der Waals surface area (Å²) in [5.41, 5.74) is 0. The maximum Gasteiger partial charge on any atom is 0.240 e. The van der Waals surface area contributed by atoms with Gasteiger partial charge in [-0.2, -0.15) is 0 Å². The molecule has 0 heterocycles. The number of ketones is 1. The van der Waals surface area contributed by atoms with E-state index >= 15 is 0 Å². The van der Waals surface area contributed by atoms with Crippen LogP contribution in [0.15, 0.2) is 35.2 Å². The zero-order valence-electron chi connectivity index (χ0n) is 10.5. The molecule has 0 aliphatic heterocycles. The van der Waals surface area contributed by atoms with Gasteiger partial charge in [0.2, 0.25) is 16.4 Å². The Labute approximate surface area is 112 Å². The van der Waals surface area contributed by atoms with Crippen molar-refractivity contribution in [3.05, 3.63) is 30.3 Å². The van der Waals surface area contributed by atoms with Gasteiger partial charge >= 0.3 is 0 Å². The van der Waals surface area contributed by atoms with Crippen LogP contribution in [0.3, 0.4) is 0 Å². The Bertz CT molecular complexity index is 528. The van der Waals surface area contributed by atoms with E-state index < -0.39 is 16.1 Å². The van der Waals surface area contributed by atoms with Crippen molar-refractivity contribution in [1.29, 1.82) is 0 Å². The number of nitrogens with one attached hydrogen (secondary N) is 2. The molecule has 1 aromatic carbocycles. The summed E-state index contributed by atoms with van der Waals surface area (Å²) in [7, 11) is -3.70. The Balaban J connectivity index is 2.66. The number of sulfonamides is 1. The van der Waals surface area contributed by atoms with Crippen molar-refractivity contribution in [2.24, 2.45) is 0 Å². The van der Waals surface area contributed by atoms with Gasteiger partial charge in [-0.1, -0.05) is 25.1 Å². The topological polar surface area (TPSA) is 92.3 Å². The molecule has 19 heavy (non-hydrogen) atoms. The number of carbonyl (C=O) groups excluding carboxylic acids is 2. The Kier molecular flexibility index (Phi) is 5.65. The van der Waals surface area contributed by atoms with Crippen molar-refractivity contribution in [1.82, 2.24) is 10.0 Å². The minimum absolute atomic E-state index is 0.0965. The standard InChI is InChI=1S/C12H16N2O4S/c1-2-11(13-9-15)12(16)8-14-19(17,18)10-6-4-3-5-7-10/h3-7,9,11,14H,2,8H2,1H3,(H,13,15)/t11-/m0/s1. The molecule has 0 bridgehead atoms. The fourth-order valence-electron chi connectivity index (χ4n) is 1.49. The predicted octanol–water partition coefficient (Wildman–Crippen LogP) is 0.0586. The summed E-state index contributed by atoms with van der Waals surface area (Å²) in [4.78, 5) is 22.1. The average Bonchev–Trinajstić information content (AvgIpc) is 2.43. The van der Waals surface area contributed by atoms with Crippen LogP contribution < -0.4 is 10.0 Å². The van der Waals surface area contributed by atoms with Gasteiger partial charge in [0.05, 0.1) is 17.5 Å². The van der Waals surface area contributed by atoms with E-state index in [1.807, 2.05) is 0 Å². The number of Topliss-reactive ketones (excluding diaryl/α,β-unsaturated/α-hetero) is 1. The molecule has 7 heteroatoms. The predicted molar refractivity (Wildman–Crippen MR) is 69.9 cm³/mol. The third-order valence-corrected chi connectivity index (χ3v) is 3.97. The van der Waals surface area contributed by atoms with Crippen molar-refractivity contribution >= 4 is 22.2 Å². The lowest BCUT2D eigenvalue weighted by Gasteiger charge is -2.13. The van der Waals surface area contributed by atoms with Gasteiger partial charge in [0.1, 0.15) is 0 Å². The van der Waals surface area contributed by atoms with Crippen LogP contribution in [0.25, 0.3) is 0 Å². The molecule has 1 atom stereocenters. The lowest BCUT2D eigenvalue weighted by molar-refractivity contribution is -0.122. The number of benzene rings is 1. The van der Waals surface area contributed by atoms with Gasteiger partial charge in [-0.3, -0.25) is 9.59 Å². The van der Waals surface area contributed by atoms with Gasteiger partial charge in [0, 0.05) is 0 Å². The third-order valence-electron chi connectivity index (χ3n) is 2.56. The van der Waals surface area contributed by atoms with Crippen molar-refractivity contribution in [3.8, 4) is 0 Å². The third kappa shape index (κ3) is 4.46. The van der Waals surface area contributed by atoms with E-state index in [9.17, 15) is 18.0 Å². The van der Waals surface area contributed by atoms with Crippen LogP contribution in [0.5, 0.6) is 0 Å². The molecule has 0 radical (unpaired) electrons. The van der Waals surface area contributed by atoms with Crippen molar-refractivity contribution in [3.63, 3.8) is 0 Å². The molecule has 0 aliphatic carbocycles. The van der Waals surface area contributed by atoms with Gasteiger partial charge in [0.25, 0.3) is 0 Å². The van der Waals surface area contributed by atoms with E-state index in [0.717, 1.165) is 0 Å². The summed E-state index contributed by atoms with van der Waals surface area (Å²) in [6.45, 7) is 1.38. The van der Waals surface area contributed by atoms with E-state index in [2.05, 4.69) is 10.0 Å². The van der Waals surface area contributed by atoms with E-state index in [1.165, 1.54) is 12.1 Å². The summed E-state index contributed by atoms with van der Waals surface area (Å²) >= 11 is 0. The lowest BCUT2D eigenvalue weighted by atomic mass is 10.1. The minimum atomic E-state index is -3.70. The van der Waals surface area contributed by atoms with E-state index in [0.29, 0.717) is 12.8 Å². The van der Waals surface area contributed by atoms with E-state index in [4.69, 9.17) is 0 Å². The van der Waals surface area contributed by atoms with Gasteiger partial charge in [-0.15, -0.1) is 0 Å². The number of amides is 1. The largest absolute Gasteiger partial charge is 0.349 e. The maximum absolute atomic E-state index is 11.9. The Morgan fingerprint density at radius 2 is 1.95 bits per heavy atom. The van der Waals surface area contributed by atoms with Crippen LogP contribution in [0.1, 0.15) is 13.3 Å². The highest BCUT2D eigenvalue weighted by Gasteiger charge is 2.19. The molecule has 6 nitrogen and oxygen atoms in total. The second kappa shape index (κ2) is 7.01. The highest BCUT2D eigenvalue weighted by Crippen LogP contribution is 2.06. The van der Waals surface area contributed by atoms with Gasteiger partial charge in [0.15, 0.2) is 5.78 Å². The van der Waals surface area contributed by atoms with Crippen molar-refractivity contribution in [2.75, 3.05) is 6.54 Å². The van der Waals surface area contributed by atoms with Gasteiger partial charge < -0.3 is 5.32 Å². The van der Waals surface area contributed by atoms with Crippen molar-refractivity contribution < 1.29 is 18.0 Å². The highest BCUT2D eigenvalue weighted by molar-refractivity contribution is 7.89. The number of carbonyl (C=O) groups is 2. The molecule has 1 amide bonds. The maximum atomic E-state index is 11.9. The van der Waals surface area contributed by atoms with E-state index in [-0.39, 0.29) is 17.2 Å². The first-order valence-electron chi connectivity index (χ1n) is 5.78. The normalized spacial score (nSPS) is 12.7. The summed E-state index contributed by atoms with van der Waals surface area (Å²) in [5, 5.41) is 2.34. The first kappa shape index (κ1) is 15.3. The Morgan fingerprint density at radius 1 is 1.32 bits per heavy atom. The molecular formula is C12H16N2O4S. The summed E-state index contributed by atoms with van der Waals surface area (Å²) in [5.74, 6) is -0.380. The summed E-state index contributed by atoms with van der Waals surface area (Å²) < 4.78 is 25.9. The summed E-state index contributed by atoms with van der Waals surface area (Å²) in [6.07, 6.45) is 0.836. The van der Waals surface area contributed by atoms with Crippen LogP contribution in [0.2, 0.25) is 0 Å². The van der Waals surface area contributed by atoms with Crippen LogP contribution in [0, 0.1) is 0 Å². The number of rotatable bonds is 8. The molecule has 1 rings (SSSR count). The van der Waals surface area contributed by atoms with E-state index in [1.54, 1.807) is 25.1 Å².